The molecule has 0 saturated carbocycles. The van der Waals surface area contributed by atoms with Crippen molar-refractivity contribution in [3.05, 3.63) is 39.3 Å². The van der Waals surface area contributed by atoms with E-state index in [0.29, 0.717) is 23.6 Å². The third-order valence-electron chi connectivity index (χ3n) is 4.30. The van der Waals surface area contributed by atoms with Gasteiger partial charge in [0, 0.05) is 23.4 Å². The van der Waals surface area contributed by atoms with Crippen LogP contribution in [0.2, 0.25) is 0 Å². The summed E-state index contributed by atoms with van der Waals surface area (Å²) in [5.74, 6) is 1.10. The Kier molecular flexibility index (Phi) is 6.14. The number of hydrogen-bond acceptors (Lipinski definition) is 5. The lowest BCUT2D eigenvalue weighted by Gasteiger charge is -2.14. The number of ether oxygens (including phenoxy) is 2. The quantitative estimate of drug-likeness (QED) is 0.801. The zero-order valence-electron chi connectivity index (χ0n) is 15.6. The molecule has 0 atom stereocenters. The average Bonchev–Trinajstić information content (AvgIpc) is 3.04. The van der Waals surface area contributed by atoms with E-state index in [-0.39, 0.29) is 12.0 Å². The molecule has 6 heteroatoms. The molecule has 1 aliphatic carbocycles. The van der Waals surface area contributed by atoms with Crippen molar-refractivity contribution in [2.24, 2.45) is 0 Å². The molecule has 0 unspecified atom stereocenters. The summed E-state index contributed by atoms with van der Waals surface area (Å²) in [6.07, 6.45) is 5.59. The van der Waals surface area contributed by atoms with Crippen LogP contribution in [0.25, 0.3) is 0 Å². The summed E-state index contributed by atoms with van der Waals surface area (Å²) in [6.45, 7) is 4.49. The van der Waals surface area contributed by atoms with Gasteiger partial charge in [-0.3, -0.25) is 4.79 Å². The van der Waals surface area contributed by atoms with Crippen molar-refractivity contribution in [2.75, 3.05) is 13.7 Å². The number of fused-ring (bicyclic) bond motifs is 1. The van der Waals surface area contributed by atoms with Crippen molar-refractivity contribution in [3.63, 3.8) is 0 Å². The van der Waals surface area contributed by atoms with Gasteiger partial charge in [0.2, 0.25) is 0 Å². The van der Waals surface area contributed by atoms with E-state index in [2.05, 4.69) is 5.32 Å². The van der Waals surface area contributed by atoms with Crippen molar-refractivity contribution in [3.8, 4) is 11.5 Å². The molecule has 0 fully saturated rings. The first-order valence-corrected chi connectivity index (χ1v) is 9.99. The second kappa shape index (κ2) is 8.54. The number of thiazole rings is 1. The predicted octanol–water partition coefficient (Wildman–Crippen LogP) is 3.79. The van der Waals surface area contributed by atoms with E-state index < -0.39 is 0 Å². The lowest BCUT2D eigenvalue weighted by Crippen LogP contribution is -2.25. The molecule has 1 N–H and O–H groups in total. The zero-order chi connectivity index (χ0) is 18.5. The molecule has 5 nitrogen and oxygen atoms in total. The minimum absolute atomic E-state index is 0.0488. The standard InChI is InChI=1S/C20H26N2O3S/c1-13(2)25-16-9-8-14(12-17(16)24-3)20(23)21-11-10-19-22-15-6-4-5-7-18(15)26-19/h8-9,12-13H,4-7,10-11H2,1-3H3,(H,21,23). The summed E-state index contributed by atoms with van der Waals surface area (Å²) < 4.78 is 11.0. The van der Waals surface area contributed by atoms with Gasteiger partial charge in [0.15, 0.2) is 11.5 Å². The Balaban J connectivity index is 1.57. The molecule has 1 amide bonds. The van der Waals surface area contributed by atoms with Crippen molar-refractivity contribution < 1.29 is 14.3 Å². The highest BCUT2D eigenvalue weighted by molar-refractivity contribution is 7.11. The van der Waals surface area contributed by atoms with Crippen LogP contribution in [-0.4, -0.2) is 30.6 Å². The lowest BCUT2D eigenvalue weighted by atomic mass is 10.0. The van der Waals surface area contributed by atoms with E-state index in [1.165, 1.54) is 23.4 Å². The van der Waals surface area contributed by atoms with E-state index in [1.807, 2.05) is 13.8 Å². The Labute approximate surface area is 158 Å². The smallest absolute Gasteiger partial charge is 0.251 e. The van der Waals surface area contributed by atoms with Crippen molar-refractivity contribution in [1.82, 2.24) is 10.3 Å². The Morgan fingerprint density at radius 2 is 2.08 bits per heavy atom. The lowest BCUT2D eigenvalue weighted by molar-refractivity contribution is 0.0953. The number of carbonyl (C=O) groups is 1. The van der Waals surface area contributed by atoms with E-state index in [0.717, 1.165) is 24.3 Å². The van der Waals surface area contributed by atoms with Gasteiger partial charge in [0.1, 0.15) is 0 Å². The van der Waals surface area contributed by atoms with Gasteiger partial charge < -0.3 is 14.8 Å². The summed E-state index contributed by atoms with van der Waals surface area (Å²) in [6, 6.07) is 5.26. The molecule has 1 aliphatic rings. The van der Waals surface area contributed by atoms with Gasteiger partial charge in [-0.1, -0.05) is 0 Å². The molecule has 3 rings (SSSR count). The third-order valence-corrected chi connectivity index (χ3v) is 5.52. The third kappa shape index (κ3) is 4.55. The van der Waals surface area contributed by atoms with Crippen LogP contribution in [0, 0.1) is 0 Å². The monoisotopic (exact) mass is 374 g/mol. The van der Waals surface area contributed by atoms with Crippen molar-refractivity contribution in [2.45, 2.75) is 52.1 Å². The molecular weight excluding hydrogens is 348 g/mol. The highest BCUT2D eigenvalue weighted by Crippen LogP contribution is 2.29. The maximum atomic E-state index is 12.4. The number of carbonyl (C=O) groups excluding carboxylic acids is 1. The number of rotatable bonds is 7. The van der Waals surface area contributed by atoms with Crippen molar-refractivity contribution in [1.29, 1.82) is 0 Å². The summed E-state index contributed by atoms with van der Waals surface area (Å²) in [7, 11) is 1.58. The van der Waals surface area contributed by atoms with Gasteiger partial charge in [0.25, 0.3) is 5.91 Å². The van der Waals surface area contributed by atoms with Gasteiger partial charge >= 0.3 is 0 Å². The Hall–Kier alpha value is -2.08. The van der Waals surface area contributed by atoms with E-state index >= 15 is 0 Å². The fourth-order valence-corrected chi connectivity index (χ4v) is 4.21. The SMILES string of the molecule is COc1cc(C(=O)NCCc2nc3c(s2)CCCC3)ccc1OC(C)C. The van der Waals surface area contributed by atoms with Crippen LogP contribution in [0.5, 0.6) is 11.5 Å². The summed E-state index contributed by atoms with van der Waals surface area (Å²) in [5.41, 5.74) is 1.84. The molecule has 140 valence electrons. The molecule has 2 aromatic rings. The van der Waals surface area contributed by atoms with Crippen molar-refractivity contribution >= 4 is 17.2 Å². The van der Waals surface area contributed by atoms with E-state index in [4.69, 9.17) is 14.5 Å². The molecular formula is C20H26N2O3S. The molecule has 0 aliphatic heterocycles. The van der Waals surface area contributed by atoms with E-state index in [9.17, 15) is 4.79 Å². The summed E-state index contributed by atoms with van der Waals surface area (Å²) in [5, 5.41) is 4.09. The van der Waals surface area contributed by atoms with Crippen LogP contribution >= 0.6 is 11.3 Å². The Morgan fingerprint density at radius 3 is 2.81 bits per heavy atom. The highest BCUT2D eigenvalue weighted by atomic mass is 32.1. The van der Waals surface area contributed by atoms with Gasteiger partial charge in [-0.15, -0.1) is 11.3 Å². The molecule has 0 saturated heterocycles. The normalized spacial score (nSPS) is 13.4. The van der Waals surface area contributed by atoms with Gasteiger partial charge in [0.05, 0.1) is 23.9 Å². The summed E-state index contributed by atoms with van der Waals surface area (Å²) in [4.78, 5) is 18.6. The molecule has 26 heavy (non-hydrogen) atoms. The molecule has 0 bridgehead atoms. The maximum absolute atomic E-state index is 12.4. The highest BCUT2D eigenvalue weighted by Gasteiger charge is 2.16. The fourth-order valence-electron chi connectivity index (χ4n) is 3.06. The Morgan fingerprint density at radius 1 is 1.27 bits per heavy atom. The largest absolute Gasteiger partial charge is 0.493 e. The number of aromatic nitrogens is 1. The van der Waals surface area contributed by atoms with Crippen LogP contribution in [-0.2, 0) is 19.3 Å². The fraction of sp³-hybridized carbons (Fsp3) is 0.500. The van der Waals surface area contributed by atoms with Crippen LogP contribution < -0.4 is 14.8 Å². The minimum atomic E-state index is -0.110. The van der Waals surface area contributed by atoms with Gasteiger partial charge in [-0.25, -0.2) is 4.98 Å². The molecule has 1 aromatic carbocycles. The summed E-state index contributed by atoms with van der Waals surface area (Å²) >= 11 is 1.80. The van der Waals surface area contributed by atoms with Crippen LogP contribution in [0.15, 0.2) is 18.2 Å². The predicted molar refractivity (Wildman–Crippen MR) is 104 cm³/mol. The number of benzene rings is 1. The molecule has 0 spiro atoms. The first-order valence-electron chi connectivity index (χ1n) is 9.17. The maximum Gasteiger partial charge on any atom is 0.251 e. The average molecular weight is 375 g/mol. The Bertz CT molecular complexity index is 747. The van der Waals surface area contributed by atoms with Crippen LogP contribution in [0.3, 0.4) is 0 Å². The number of hydrogen-bond donors (Lipinski definition) is 1. The topological polar surface area (TPSA) is 60.5 Å². The minimum Gasteiger partial charge on any atom is -0.493 e. The van der Waals surface area contributed by atoms with Crippen LogP contribution in [0.4, 0.5) is 0 Å². The van der Waals surface area contributed by atoms with Crippen LogP contribution in [0.1, 0.15) is 52.6 Å². The molecule has 1 aromatic heterocycles. The number of nitrogens with zero attached hydrogens (tertiary/aromatic N) is 1. The zero-order valence-corrected chi connectivity index (χ0v) is 16.4. The molecule has 1 heterocycles. The molecule has 0 radical (unpaired) electrons. The number of methoxy groups -OCH3 is 1. The second-order valence-corrected chi connectivity index (χ2v) is 7.89. The van der Waals surface area contributed by atoms with Gasteiger partial charge in [-0.05, 0) is 57.7 Å². The first kappa shape index (κ1) is 18.7. The van der Waals surface area contributed by atoms with E-state index in [1.54, 1.807) is 36.6 Å². The second-order valence-electron chi connectivity index (χ2n) is 6.72. The number of nitrogens with one attached hydrogen (secondary N) is 1. The first-order chi connectivity index (χ1) is 12.6. The number of aryl methyl sites for hydroxylation is 2. The number of amides is 1. The van der Waals surface area contributed by atoms with Gasteiger partial charge in [-0.2, -0.15) is 0 Å².